The van der Waals surface area contributed by atoms with Crippen molar-refractivity contribution in [1.82, 2.24) is 10.6 Å². The lowest BCUT2D eigenvalue weighted by atomic mass is 9.78. The van der Waals surface area contributed by atoms with E-state index in [0.717, 1.165) is 6.42 Å². The van der Waals surface area contributed by atoms with E-state index in [1.807, 2.05) is 0 Å². The molecule has 4 nitrogen and oxygen atoms in total. The summed E-state index contributed by atoms with van der Waals surface area (Å²) in [6.07, 6.45) is 1.06. The fourth-order valence-electron chi connectivity index (χ4n) is 3.68. The third-order valence-corrected chi connectivity index (χ3v) is 4.44. The van der Waals surface area contributed by atoms with Gasteiger partial charge in [-0.1, -0.05) is 13.8 Å². The van der Waals surface area contributed by atoms with Gasteiger partial charge in [0.25, 0.3) is 0 Å². The summed E-state index contributed by atoms with van der Waals surface area (Å²) in [7, 11) is 1.47. The molecule has 2 aliphatic heterocycles. The molecule has 0 amide bonds. The number of fused-ring (bicyclic) bond motifs is 1. The molecular formula is C12H22N2O2. The summed E-state index contributed by atoms with van der Waals surface area (Å²) in [6.45, 7) is 7.25. The molecule has 0 aromatic rings. The van der Waals surface area contributed by atoms with Crippen molar-refractivity contribution in [1.29, 1.82) is 0 Å². The summed E-state index contributed by atoms with van der Waals surface area (Å²) in [6, 6.07) is 0.798. The van der Waals surface area contributed by atoms with Crippen LogP contribution >= 0.6 is 0 Å². The van der Waals surface area contributed by atoms with Gasteiger partial charge in [0.1, 0.15) is 5.54 Å². The van der Waals surface area contributed by atoms with E-state index in [2.05, 4.69) is 31.4 Å². The van der Waals surface area contributed by atoms with Crippen molar-refractivity contribution in [3.05, 3.63) is 0 Å². The van der Waals surface area contributed by atoms with Crippen LogP contribution in [0.4, 0.5) is 0 Å². The number of nitrogens with one attached hydrogen (secondary N) is 2. The Labute approximate surface area is 97.1 Å². The monoisotopic (exact) mass is 226 g/mol. The van der Waals surface area contributed by atoms with Crippen molar-refractivity contribution in [2.75, 3.05) is 13.7 Å². The second-order valence-corrected chi connectivity index (χ2v) is 5.18. The minimum atomic E-state index is -0.492. The molecule has 0 aromatic heterocycles. The Kier molecular flexibility index (Phi) is 2.97. The van der Waals surface area contributed by atoms with Crippen LogP contribution in [0.3, 0.4) is 0 Å². The maximum absolute atomic E-state index is 12.0. The quantitative estimate of drug-likeness (QED) is 0.674. The van der Waals surface area contributed by atoms with E-state index in [0.29, 0.717) is 30.5 Å². The van der Waals surface area contributed by atoms with Gasteiger partial charge < -0.3 is 10.1 Å². The van der Waals surface area contributed by atoms with Crippen molar-refractivity contribution >= 4 is 5.97 Å². The van der Waals surface area contributed by atoms with Crippen molar-refractivity contribution in [2.45, 2.75) is 44.8 Å². The Morgan fingerprint density at radius 2 is 2.19 bits per heavy atom. The Bertz CT molecular complexity index is 295. The smallest absolute Gasteiger partial charge is 0.327 e. The number of ether oxygens (including phenoxy) is 1. The lowest BCUT2D eigenvalue weighted by Crippen LogP contribution is -2.55. The third kappa shape index (κ3) is 1.39. The lowest BCUT2D eigenvalue weighted by molar-refractivity contribution is -0.148. The molecule has 2 heterocycles. The van der Waals surface area contributed by atoms with Gasteiger partial charge in [0, 0.05) is 24.5 Å². The molecule has 5 atom stereocenters. The largest absolute Gasteiger partial charge is 0.468 e. The molecular weight excluding hydrogens is 204 g/mol. The molecule has 2 rings (SSSR count). The van der Waals surface area contributed by atoms with Gasteiger partial charge in [0.15, 0.2) is 0 Å². The summed E-state index contributed by atoms with van der Waals surface area (Å²) >= 11 is 0. The molecule has 2 saturated heterocycles. The Morgan fingerprint density at radius 1 is 1.50 bits per heavy atom. The molecule has 0 saturated carbocycles. The molecule has 0 aliphatic carbocycles. The van der Waals surface area contributed by atoms with Crippen molar-refractivity contribution < 1.29 is 9.53 Å². The first-order valence-electron chi connectivity index (χ1n) is 6.16. The summed E-state index contributed by atoms with van der Waals surface area (Å²) in [5, 5.41) is 6.90. The van der Waals surface area contributed by atoms with E-state index in [4.69, 9.17) is 4.74 Å². The Balaban J connectivity index is 2.32. The standard InChI is InChI=1S/C12H22N2O2/c1-5-9-7(2)10-8(3)13-6-12(10,14-9)11(15)16-4/h7-10,13-14H,5-6H2,1-4H3. The fraction of sp³-hybridized carbons (Fsp3) is 0.917. The zero-order chi connectivity index (χ0) is 11.9. The normalized spacial score (nSPS) is 46.8. The minimum Gasteiger partial charge on any atom is -0.468 e. The van der Waals surface area contributed by atoms with Crippen LogP contribution in [0.5, 0.6) is 0 Å². The second-order valence-electron chi connectivity index (χ2n) is 5.18. The molecule has 92 valence electrons. The van der Waals surface area contributed by atoms with Crippen LogP contribution in [0.25, 0.3) is 0 Å². The first-order valence-corrected chi connectivity index (χ1v) is 6.16. The van der Waals surface area contributed by atoms with Crippen LogP contribution in [-0.4, -0.2) is 37.2 Å². The van der Waals surface area contributed by atoms with Gasteiger partial charge in [0.05, 0.1) is 7.11 Å². The van der Waals surface area contributed by atoms with Gasteiger partial charge >= 0.3 is 5.97 Å². The Hall–Kier alpha value is -0.610. The lowest BCUT2D eigenvalue weighted by Gasteiger charge is -2.27. The summed E-state index contributed by atoms with van der Waals surface area (Å²) < 4.78 is 4.99. The minimum absolute atomic E-state index is 0.114. The SMILES string of the molecule is CCC1NC2(C(=O)OC)CNC(C)C2C1C. The fourth-order valence-corrected chi connectivity index (χ4v) is 3.68. The highest BCUT2D eigenvalue weighted by molar-refractivity contribution is 5.83. The first kappa shape index (κ1) is 11.9. The third-order valence-electron chi connectivity index (χ3n) is 4.44. The van der Waals surface area contributed by atoms with Crippen LogP contribution in [0.15, 0.2) is 0 Å². The van der Waals surface area contributed by atoms with Gasteiger partial charge in [-0.05, 0) is 19.3 Å². The van der Waals surface area contributed by atoms with Gasteiger partial charge in [-0.15, -0.1) is 0 Å². The van der Waals surface area contributed by atoms with Crippen LogP contribution in [0.1, 0.15) is 27.2 Å². The highest BCUT2D eigenvalue weighted by Crippen LogP contribution is 2.42. The summed E-state index contributed by atoms with van der Waals surface area (Å²) in [4.78, 5) is 12.0. The number of hydrogen-bond acceptors (Lipinski definition) is 4. The molecule has 0 aromatic carbocycles. The molecule has 16 heavy (non-hydrogen) atoms. The van der Waals surface area contributed by atoms with Crippen molar-refractivity contribution in [2.24, 2.45) is 11.8 Å². The average molecular weight is 226 g/mol. The van der Waals surface area contributed by atoms with E-state index in [-0.39, 0.29) is 5.97 Å². The van der Waals surface area contributed by atoms with Gasteiger partial charge in [-0.25, -0.2) is 4.79 Å². The Morgan fingerprint density at radius 3 is 2.75 bits per heavy atom. The van der Waals surface area contributed by atoms with Gasteiger partial charge in [0.2, 0.25) is 0 Å². The van der Waals surface area contributed by atoms with E-state index < -0.39 is 5.54 Å². The molecule has 5 unspecified atom stereocenters. The number of carbonyl (C=O) groups is 1. The van der Waals surface area contributed by atoms with Crippen molar-refractivity contribution in [3.8, 4) is 0 Å². The predicted octanol–water partition coefficient (Wildman–Crippen LogP) is 0.524. The molecule has 0 spiro atoms. The number of rotatable bonds is 2. The number of carbonyl (C=O) groups excluding carboxylic acids is 1. The number of esters is 1. The highest BCUT2D eigenvalue weighted by Gasteiger charge is 2.61. The maximum Gasteiger partial charge on any atom is 0.327 e. The van der Waals surface area contributed by atoms with Crippen LogP contribution in [0.2, 0.25) is 0 Å². The van der Waals surface area contributed by atoms with Crippen LogP contribution in [-0.2, 0) is 9.53 Å². The summed E-state index contributed by atoms with van der Waals surface area (Å²) in [5.41, 5.74) is -0.492. The molecule has 2 aliphatic rings. The van der Waals surface area contributed by atoms with E-state index >= 15 is 0 Å². The van der Waals surface area contributed by atoms with Crippen molar-refractivity contribution in [3.63, 3.8) is 0 Å². The summed E-state index contributed by atoms with van der Waals surface area (Å²) in [5.74, 6) is 0.733. The highest BCUT2D eigenvalue weighted by atomic mass is 16.5. The molecule has 4 heteroatoms. The van der Waals surface area contributed by atoms with Gasteiger partial charge in [-0.3, -0.25) is 5.32 Å². The first-order chi connectivity index (χ1) is 7.56. The molecule has 2 N–H and O–H groups in total. The zero-order valence-corrected chi connectivity index (χ0v) is 10.5. The predicted molar refractivity (Wildman–Crippen MR) is 62.1 cm³/mol. The van der Waals surface area contributed by atoms with Crippen LogP contribution < -0.4 is 10.6 Å². The maximum atomic E-state index is 12.0. The van der Waals surface area contributed by atoms with Gasteiger partial charge in [-0.2, -0.15) is 0 Å². The molecule has 2 fully saturated rings. The average Bonchev–Trinajstić information content (AvgIpc) is 2.76. The second kappa shape index (κ2) is 4.00. The van der Waals surface area contributed by atoms with Crippen LogP contribution in [0, 0.1) is 11.8 Å². The number of methoxy groups -OCH3 is 1. The topological polar surface area (TPSA) is 50.4 Å². The molecule has 0 radical (unpaired) electrons. The van der Waals surface area contributed by atoms with E-state index in [9.17, 15) is 4.79 Å². The molecule has 0 bridgehead atoms. The van der Waals surface area contributed by atoms with E-state index in [1.54, 1.807) is 0 Å². The zero-order valence-electron chi connectivity index (χ0n) is 10.5. The number of hydrogen-bond donors (Lipinski definition) is 2. The van der Waals surface area contributed by atoms with E-state index in [1.165, 1.54) is 7.11 Å².